The number of hydrogen-bond acceptors (Lipinski definition) is 3. The van der Waals surface area contributed by atoms with Crippen LogP contribution in [-0.4, -0.2) is 48.1 Å². The fraction of sp³-hybridized carbons (Fsp3) is 0.857. The van der Waals surface area contributed by atoms with Gasteiger partial charge in [-0.1, -0.05) is 20.8 Å². The minimum absolute atomic E-state index is 0.00354. The summed E-state index contributed by atoms with van der Waals surface area (Å²) >= 11 is 0. The van der Waals surface area contributed by atoms with E-state index in [9.17, 15) is 9.59 Å². The number of carbonyl (C=O) groups excluding carboxylic acids is 2. The van der Waals surface area contributed by atoms with Crippen molar-refractivity contribution in [3.63, 3.8) is 0 Å². The van der Waals surface area contributed by atoms with Crippen LogP contribution in [0, 0.1) is 5.41 Å². The van der Waals surface area contributed by atoms with Crippen molar-refractivity contribution >= 4 is 11.8 Å². The van der Waals surface area contributed by atoms with Crippen LogP contribution in [0.2, 0.25) is 0 Å². The molecule has 0 saturated carbocycles. The summed E-state index contributed by atoms with van der Waals surface area (Å²) in [5, 5.41) is 2.80. The van der Waals surface area contributed by atoms with Gasteiger partial charge in [-0.05, 0) is 25.2 Å². The standard InChI is InChI=1S/C14H24N2O3/c1-13(2,3)11-12(18)16(8-10(17)15-11)9-14(4)6-5-7-19-14/h11H,5-9H2,1-4H3,(H,15,17). The topological polar surface area (TPSA) is 58.6 Å². The first-order chi connectivity index (χ1) is 8.71. The Kier molecular flexibility index (Phi) is 3.60. The van der Waals surface area contributed by atoms with Crippen LogP contribution in [0.3, 0.4) is 0 Å². The first-order valence-electron chi connectivity index (χ1n) is 6.93. The summed E-state index contributed by atoms with van der Waals surface area (Å²) in [4.78, 5) is 26.0. The smallest absolute Gasteiger partial charge is 0.246 e. The molecule has 2 aliphatic heterocycles. The Morgan fingerprint density at radius 2 is 2.11 bits per heavy atom. The van der Waals surface area contributed by atoms with Crippen LogP contribution in [-0.2, 0) is 14.3 Å². The molecule has 2 aliphatic rings. The third-order valence-corrected chi connectivity index (χ3v) is 3.89. The molecule has 2 rings (SSSR count). The van der Waals surface area contributed by atoms with Crippen LogP contribution < -0.4 is 5.32 Å². The van der Waals surface area contributed by atoms with Crippen LogP contribution in [0.1, 0.15) is 40.5 Å². The molecule has 5 heteroatoms. The molecule has 0 aliphatic carbocycles. The fourth-order valence-corrected chi connectivity index (χ4v) is 2.79. The molecule has 2 atom stereocenters. The van der Waals surface area contributed by atoms with Gasteiger partial charge < -0.3 is 15.0 Å². The number of nitrogens with zero attached hydrogens (tertiary/aromatic N) is 1. The van der Waals surface area contributed by atoms with Crippen LogP contribution >= 0.6 is 0 Å². The number of ether oxygens (including phenoxy) is 1. The molecule has 19 heavy (non-hydrogen) atoms. The van der Waals surface area contributed by atoms with Gasteiger partial charge in [0.2, 0.25) is 11.8 Å². The van der Waals surface area contributed by atoms with E-state index in [4.69, 9.17) is 4.74 Å². The third kappa shape index (κ3) is 3.08. The van der Waals surface area contributed by atoms with Crippen molar-refractivity contribution in [1.82, 2.24) is 10.2 Å². The Hall–Kier alpha value is -1.10. The van der Waals surface area contributed by atoms with Gasteiger partial charge in [-0.3, -0.25) is 9.59 Å². The van der Waals surface area contributed by atoms with E-state index in [-0.39, 0.29) is 29.4 Å². The summed E-state index contributed by atoms with van der Waals surface area (Å²) in [6, 6.07) is -0.446. The minimum Gasteiger partial charge on any atom is -0.373 e. The molecule has 0 radical (unpaired) electrons. The van der Waals surface area contributed by atoms with E-state index in [1.165, 1.54) is 0 Å². The van der Waals surface area contributed by atoms with E-state index in [1.807, 2.05) is 27.7 Å². The zero-order chi connectivity index (χ0) is 14.3. The van der Waals surface area contributed by atoms with Crippen LogP contribution in [0.5, 0.6) is 0 Å². The quantitative estimate of drug-likeness (QED) is 0.810. The van der Waals surface area contributed by atoms with Gasteiger partial charge in [0.1, 0.15) is 6.04 Å². The van der Waals surface area contributed by atoms with Crippen molar-refractivity contribution in [3.05, 3.63) is 0 Å². The van der Waals surface area contributed by atoms with Gasteiger partial charge in [0.05, 0.1) is 18.7 Å². The van der Waals surface area contributed by atoms with Crippen molar-refractivity contribution in [1.29, 1.82) is 0 Å². The lowest BCUT2D eigenvalue weighted by molar-refractivity contribution is -0.150. The molecule has 0 spiro atoms. The zero-order valence-electron chi connectivity index (χ0n) is 12.3. The second-order valence-corrected chi connectivity index (χ2v) is 6.96. The molecule has 0 aromatic carbocycles. The summed E-state index contributed by atoms with van der Waals surface area (Å²) in [6.45, 7) is 9.31. The average Bonchev–Trinajstić information content (AvgIpc) is 2.68. The minimum atomic E-state index is -0.446. The molecule has 0 aromatic heterocycles. The lowest BCUT2D eigenvalue weighted by Gasteiger charge is -2.41. The van der Waals surface area contributed by atoms with E-state index >= 15 is 0 Å². The van der Waals surface area contributed by atoms with Crippen molar-refractivity contribution in [2.75, 3.05) is 19.7 Å². The maximum absolute atomic E-state index is 12.5. The van der Waals surface area contributed by atoms with Crippen molar-refractivity contribution in [2.24, 2.45) is 5.41 Å². The Bertz CT molecular complexity index is 381. The molecule has 0 aromatic rings. The normalized spacial score (nSPS) is 32.6. The summed E-state index contributed by atoms with van der Waals surface area (Å²) in [5.41, 5.74) is -0.571. The van der Waals surface area contributed by atoms with Gasteiger partial charge in [0, 0.05) is 6.61 Å². The molecular formula is C14H24N2O3. The van der Waals surface area contributed by atoms with E-state index in [2.05, 4.69) is 5.32 Å². The van der Waals surface area contributed by atoms with E-state index in [0.29, 0.717) is 6.54 Å². The third-order valence-electron chi connectivity index (χ3n) is 3.89. The second-order valence-electron chi connectivity index (χ2n) is 6.96. The molecule has 5 nitrogen and oxygen atoms in total. The highest BCUT2D eigenvalue weighted by molar-refractivity contribution is 5.95. The number of amides is 2. The lowest BCUT2D eigenvalue weighted by Crippen LogP contribution is -2.64. The van der Waals surface area contributed by atoms with Gasteiger partial charge in [-0.25, -0.2) is 0 Å². The highest BCUT2D eigenvalue weighted by Crippen LogP contribution is 2.29. The first-order valence-corrected chi connectivity index (χ1v) is 6.93. The number of hydrogen-bond donors (Lipinski definition) is 1. The fourth-order valence-electron chi connectivity index (χ4n) is 2.79. The molecule has 2 fully saturated rings. The first kappa shape index (κ1) is 14.3. The molecule has 2 unspecified atom stereocenters. The van der Waals surface area contributed by atoms with E-state index in [0.717, 1.165) is 19.4 Å². The molecule has 1 N–H and O–H groups in total. The van der Waals surface area contributed by atoms with Crippen molar-refractivity contribution in [2.45, 2.75) is 52.2 Å². The zero-order valence-corrected chi connectivity index (χ0v) is 12.3. The summed E-state index contributed by atoms with van der Waals surface area (Å²) < 4.78 is 5.72. The van der Waals surface area contributed by atoms with Crippen molar-refractivity contribution in [3.8, 4) is 0 Å². The number of piperazine rings is 1. The Morgan fingerprint density at radius 3 is 2.63 bits per heavy atom. The van der Waals surface area contributed by atoms with Crippen LogP contribution in [0.25, 0.3) is 0 Å². The van der Waals surface area contributed by atoms with E-state index in [1.54, 1.807) is 4.90 Å². The molecular weight excluding hydrogens is 244 g/mol. The van der Waals surface area contributed by atoms with Gasteiger partial charge in [-0.15, -0.1) is 0 Å². The molecule has 108 valence electrons. The van der Waals surface area contributed by atoms with Gasteiger partial charge >= 0.3 is 0 Å². The SMILES string of the molecule is CC1(CN2CC(=O)NC(C(C)(C)C)C2=O)CCCO1. The summed E-state index contributed by atoms with van der Waals surface area (Å²) in [5.74, 6) is -0.0788. The Labute approximate surface area is 114 Å². The molecule has 2 amide bonds. The van der Waals surface area contributed by atoms with Gasteiger partial charge in [0.15, 0.2) is 0 Å². The van der Waals surface area contributed by atoms with Gasteiger partial charge in [-0.2, -0.15) is 0 Å². The predicted octanol–water partition coefficient (Wildman–Crippen LogP) is 0.929. The van der Waals surface area contributed by atoms with Gasteiger partial charge in [0.25, 0.3) is 0 Å². The Balaban J connectivity index is 2.11. The van der Waals surface area contributed by atoms with Crippen LogP contribution in [0.15, 0.2) is 0 Å². The number of carbonyl (C=O) groups is 2. The van der Waals surface area contributed by atoms with E-state index < -0.39 is 6.04 Å². The van der Waals surface area contributed by atoms with Crippen molar-refractivity contribution < 1.29 is 14.3 Å². The molecule has 2 heterocycles. The summed E-state index contributed by atoms with van der Waals surface area (Å²) in [7, 11) is 0. The van der Waals surface area contributed by atoms with Crippen LogP contribution in [0.4, 0.5) is 0 Å². The largest absolute Gasteiger partial charge is 0.373 e. The predicted molar refractivity (Wildman–Crippen MR) is 71.6 cm³/mol. The number of nitrogens with one attached hydrogen (secondary N) is 1. The number of rotatable bonds is 2. The maximum Gasteiger partial charge on any atom is 0.246 e. The second kappa shape index (κ2) is 4.78. The molecule has 0 bridgehead atoms. The monoisotopic (exact) mass is 268 g/mol. The maximum atomic E-state index is 12.5. The average molecular weight is 268 g/mol. The Morgan fingerprint density at radius 1 is 1.42 bits per heavy atom. The summed E-state index contributed by atoms with van der Waals surface area (Å²) in [6.07, 6.45) is 1.96. The highest BCUT2D eigenvalue weighted by atomic mass is 16.5. The molecule has 2 saturated heterocycles. The highest BCUT2D eigenvalue weighted by Gasteiger charge is 2.43. The lowest BCUT2D eigenvalue weighted by atomic mass is 9.84.